The maximum absolute atomic E-state index is 12.3. The van der Waals surface area contributed by atoms with Crippen LogP contribution in [-0.2, 0) is 14.4 Å². The van der Waals surface area contributed by atoms with Crippen LogP contribution in [0.15, 0.2) is 30.5 Å². The predicted octanol–water partition coefficient (Wildman–Crippen LogP) is 1.93. The number of benzene rings is 1. The van der Waals surface area contributed by atoms with E-state index in [1.54, 1.807) is 11.1 Å². The zero-order valence-electron chi connectivity index (χ0n) is 13.5. The monoisotopic (exact) mass is 328 g/mol. The minimum atomic E-state index is -0.862. The second-order valence-corrected chi connectivity index (χ2v) is 6.45. The normalized spacial score (nSPS) is 20.2. The lowest BCUT2D eigenvalue weighted by molar-refractivity contribution is -0.143. The number of carboxylic acids is 1. The molecule has 0 spiro atoms. The van der Waals surface area contributed by atoms with Crippen molar-refractivity contribution in [3.63, 3.8) is 0 Å². The molecule has 24 heavy (non-hydrogen) atoms. The summed E-state index contributed by atoms with van der Waals surface area (Å²) >= 11 is 0. The number of nitrogens with one attached hydrogen (secondary N) is 1. The molecule has 1 atom stereocenters. The minimum Gasteiger partial charge on any atom is -0.481 e. The van der Waals surface area contributed by atoms with Gasteiger partial charge in [-0.2, -0.15) is 0 Å². The molecule has 1 fully saturated rings. The van der Waals surface area contributed by atoms with E-state index in [9.17, 15) is 14.4 Å². The zero-order valence-corrected chi connectivity index (χ0v) is 13.5. The summed E-state index contributed by atoms with van der Waals surface area (Å²) in [7, 11) is 0. The Labute approximate surface area is 140 Å². The molecule has 1 aromatic carbocycles. The smallest absolute Gasteiger partial charge is 0.311 e. The number of hydrogen-bond donors (Lipinski definition) is 2. The highest BCUT2D eigenvalue weighted by molar-refractivity contribution is 5.83. The van der Waals surface area contributed by atoms with Gasteiger partial charge in [0.2, 0.25) is 11.8 Å². The Morgan fingerprint density at radius 2 is 2.00 bits per heavy atom. The number of carboxylic acid groups (broad SMARTS) is 1. The lowest BCUT2D eigenvalue weighted by Crippen LogP contribution is -2.38. The summed E-state index contributed by atoms with van der Waals surface area (Å²) in [5, 5.41) is 11.9. The third-order valence-corrected chi connectivity index (χ3v) is 4.78. The van der Waals surface area contributed by atoms with Gasteiger partial charge in [0.25, 0.3) is 0 Å². The summed E-state index contributed by atoms with van der Waals surface area (Å²) < 4.78 is 0. The molecule has 1 saturated carbocycles. The third-order valence-electron chi connectivity index (χ3n) is 4.78. The molecule has 1 aromatic rings. The molecule has 1 heterocycles. The first kappa shape index (κ1) is 16.2. The van der Waals surface area contributed by atoms with Gasteiger partial charge in [0, 0.05) is 19.7 Å². The third kappa shape index (κ3) is 3.04. The average molecular weight is 328 g/mol. The van der Waals surface area contributed by atoms with Gasteiger partial charge >= 0.3 is 5.97 Å². The van der Waals surface area contributed by atoms with Crippen molar-refractivity contribution in [3.8, 4) is 0 Å². The SMILES string of the molecule is CC(=O)N1C=Cc2ccccc2C1CC(=O)NCC1(C(=O)O)CC1. The molecule has 0 saturated heterocycles. The Morgan fingerprint density at radius 1 is 1.29 bits per heavy atom. The van der Waals surface area contributed by atoms with E-state index in [2.05, 4.69) is 5.32 Å². The van der Waals surface area contributed by atoms with Crippen molar-refractivity contribution < 1.29 is 19.5 Å². The fraction of sp³-hybridized carbons (Fsp3) is 0.389. The topological polar surface area (TPSA) is 86.7 Å². The van der Waals surface area contributed by atoms with Gasteiger partial charge < -0.3 is 15.3 Å². The van der Waals surface area contributed by atoms with Gasteiger partial charge in [-0.25, -0.2) is 0 Å². The number of rotatable bonds is 5. The summed E-state index contributed by atoms with van der Waals surface area (Å²) in [6.45, 7) is 1.61. The molecule has 2 amide bonds. The lowest BCUT2D eigenvalue weighted by atomic mass is 9.93. The summed E-state index contributed by atoms with van der Waals surface area (Å²) in [4.78, 5) is 36.9. The van der Waals surface area contributed by atoms with E-state index in [0.717, 1.165) is 11.1 Å². The highest BCUT2D eigenvalue weighted by Gasteiger charge is 2.50. The molecular formula is C18H20N2O4. The molecule has 0 aromatic heterocycles. The molecule has 1 aliphatic heterocycles. The molecule has 6 nitrogen and oxygen atoms in total. The van der Waals surface area contributed by atoms with Gasteiger partial charge in [-0.3, -0.25) is 14.4 Å². The number of aliphatic carboxylic acids is 1. The van der Waals surface area contributed by atoms with Crippen LogP contribution in [0.1, 0.15) is 43.4 Å². The van der Waals surface area contributed by atoms with Crippen LogP contribution in [0.4, 0.5) is 0 Å². The Bertz CT molecular complexity index is 721. The number of fused-ring (bicyclic) bond motifs is 1. The van der Waals surface area contributed by atoms with E-state index in [-0.39, 0.29) is 30.8 Å². The number of carbonyl (C=O) groups is 3. The van der Waals surface area contributed by atoms with Crippen LogP contribution in [0, 0.1) is 5.41 Å². The maximum Gasteiger partial charge on any atom is 0.311 e. The summed E-state index contributed by atoms with van der Waals surface area (Å²) in [5.74, 6) is -1.24. The maximum atomic E-state index is 12.3. The van der Waals surface area contributed by atoms with Gasteiger partial charge in [-0.15, -0.1) is 0 Å². The highest BCUT2D eigenvalue weighted by Crippen LogP contribution is 2.45. The molecule has 126 valence electrons. The van der Waals surface area contributed by atoms with Crippen LogP contribution >= 0.6 is 0 Å². The Morgan fingerprint density at radius 3 is 2.62 bits per heavy atom. The second-order valence-electron chi connectivity index (χ2n) is 6.45. The van der Waals surface area contributed by atoms with Crippen molar-refractivity contribution in [1.29, 1.82) is 0 Å². The molecule has 2 aliphatic rings. The molecule has 6 heteroatoms. The molecule has 1 unspecified atom stereocenters. The van der Waals surface area contributed by atoms with Gasteiger partial charge in [0.1, 0.15) is 0 Å². The van der Waals surface area contributed by atoms with Crippen LogP contribution in [0.25, 0.3) is 6.08 Å². The van der Waals surface area contributed by atoms with E-state index in [4.69, 9.17) is 5.11 Å². The number of carbonyl (C=O) groups excluding carboxylic acids is 2. The highest BCUT2D eigenvalue weighted by atomic mass is 16.4. The predicted molar refractivity (Wildman–Crippen MR) is 87.7 cm³/mol. The molecule has 1 aliphatic carbocycles. The van der Waals surface area contributed by atoms with Crippen molar-refractivity contribution in [1.82, 2.24) is 10.2 Å². The fourth-order valence-electron chi connectivity index (χ4n) is 3.05. The molecule has 0 bridgehead atoms. The van der Waals surface area contributed by atoms with Gasteiger partial charge in [0.15, 0.2) is 0 Å². The van der Waals surface area contributed by atoms with Crippen molar-refractivity contribution in [2.45, 2.75) is 32.2 Å². The van der Waals surface area contributed by atoms with E-state index in [1.807, 2.05) is 30.3 Å². The van der Waals surface area contributed by atoms with Crippen LogP contribution in [-0.4, -0.2) is 34.3 Å². The minimum absolute atomic E-state index is 0.108. The number of hydrogen-bond acceptors (Lipinski definition) is 3. The average Bonchev–Trinajstić information content (AvgIpc) is 3.34. The first-order valence-electron chi connectivity index (χ1n) is 7.99. The van der Waals surface area contributed by atoms with Gasteiger partial charge in [0.05, 0.1) is 17.9 Å². The fourth-order valence-corrected chi connectivity index (χ4v) is 3.05. The summed E-state index contributed by atoms with van der Waals surface area (Å²) in [5.41, 5.74) is 1.11. The summed E-state index contributed by atoms with van der Waals surface area (Å²) in [6.07, 6.45) is 4.85. The quantitative estimate of drug-likeness (QED) is 0.865. The standard InChI is InChI=1S/C18H20N2O4/c1-12(21)20-9-6-13-4-2-3-5-14(13)15(20)10-16(22)19-11-18(7-8-18)17(23)24/h2-6,9,15H,7-8,10-11H2,1H3,(H,19,22)(H,23,24). The Balaban J connectivity index is 1.71. The largest absolute Gasteiger partial charge is 0.481 e. The van der Waals surface area contributed by atoms with Crippen molar-refractivity contribution in [2.24, 2.45) is 5.41 Å². The number of nitrogens with zero attached hydrogens (tertiary/aromatic N) is 1. The molecule has 2 N–H and O–H groups in total. The van der Waals surface area contributed by atoms with E-state index < -0.39 is 11.4 Å². The van der Waals surface area contributed by atoms with Crippen molar-refractivity contribution >= 4 is 23.9 Å². The first-order valence-corrected chi connectivity index (χ1v) is 7.99. The van der Waals surface area contributed by atoms with Crippen molar-refractivity contribution in [3.05, 3.63) is 41.6 Å². The first-order chi connectivity index (χ1) is 11.4. The molecule has 0 radical (unpaired) electrons. The zero-order chi connectivity index (χ0) is 17.3. The van der Waals surface area contributed by atoms with Crippen molar-refractivity contribution in [2.75, 3.05) is 6.54 Å². The van der Waals surface area contributed by atoms with Crippen LogP contribution in [0.3, 0.4) is 0 Å². The van der Waals surface area contributed by atoms with Crippen LogP contribution in [0.2, 0.25) is 0 Å². The lowest BCUT2D eigenvalue weighted by Gasteiger charge is -2.32. The van der Waals surface area contributed by atoms with E-state index in [1.165, 1.54) is 6.92 Å². The van der Waals surface area contributed by atoms with E-state index >= 15 is 0 Å². The second kappa shape index (κ2) is 6.11. The molecule has 3 rings (SSSR count). The van der Waals surface area contributed by atoms with Crippen LogP contribution < -0.4 is 5.32 Å². The Hall–Kier alpha value is -2.63. The van der Waals surface area contributed by atoms with Crippen LogP contribution in [0.5, 0.6) is 0 Å². The van der Waals surface area contributed by atoms with Gasteiger partial charge in [-0.05, 0) is 30.0 Å². The summed E-state index contributed by atoms with van der Waals surface area (Å²) in [6, 6.07) is 7.27. The van der Waals surface area contributed by atoms with E-state index in [0.29, 0.717) is 12.8 Å². The molecular weight excluding hydrogens is 308 g/mol. The van der Waals surface area contributed by atoms with Gasteiger partial charge in [-0.1, -0.05) is 24.3 Å². The number of amides is 2. The Kier molecular flexibility index (Phi) is 4.13.